The molecule has 1 heterocycles. The molecule has 0 aliphatic carbocycles. The van der Waals surface area contributed by atoms with Crippen LogP contribution in [0.1, 0.15) is 42.5 Å². The lowest BCUT2D eigenvalue weighted by molar-refractivity contribution is 0.299. The first-order valence-electron chi connectivity index (χ1n) is 11.1. The fourth-order valence-corrected chi connectivity index (χ4v) is 4.29. The number of nitrogens with one attached hydrogen (secondary N) is 2. The van der Waals surface area contributed by atoms with Crippen molar-refractivity contribution >= 4 is 51.8 Å². The smallest absolute Gasteiger partial charge is 0.123 e. The lowest BCUT2D eigenvalue weighted by Crippen LogP contribution is -2.45. The molecule has 0 saturated carbocycles. The Kier molecular flexibility index (Phi) is 15.9. The number of piperidine rings is 1. The highest BCUT2D eigenvalue weighted by Gasteiger charge is 2.25. The lowest BCUT2D eigenvalue weighted by atomic mass is 9.92. The largest absolute Gasteiger partial charge is 0.494 e. The summed E-state index contributed by atoms with van der Waals surface area (Å²) in [4.78, 5) is 0. The Balaban J connectivity index is 0.00000289. The SMILES string of the molecule is CCOc1ccc(-c2ccc(C#N)cc2)cc1CN[C@H]1CCCN[C@H]1c1ccccc1.Cl.Cl.S.S. The van der Waals surface area contributed by atoms with E-state index in [1.807, 2.05) is 31.2 Å². The zero-order valence-electron chi connectivity index (χ0n) is 19.8. The van der Waals surface area contributed by atoms with Gasteiger partial charge < -0.3 is 15.4 Å². The van der Waals surface area contributed by atoms with Gasteiger partial charge in [0.15, 0.2) is 0 Å². The Bertz CT molecular complexity index is 1050. The zero-order valence-corrected chi connectivity index (χ0v) is 23.4. The van der Waals surface area contributed by atoms with Crippen LogP contribution in [0.3, 0.4) is 0 Å². The standard InChI is InChI=1S/C27H29N3O.2ClH.2H2S/c1-2-31-26-15-14-23(21-12-10-20(18-28)11-13-21)17-24(26)19-30-25-9-6-16-29-27(25)22-7-4-3-5-8-22;;;;/h3-5,7-8,10-15,17,25,27,29-30H,2,6,9,16,19H2,1H3;2*1H;2*1H2/t25-,27-;;;;/m0..../s1. The maximum Gasteiger partial charge on any atom is 0.123 e. The van der Waals surface area contributed by atoms with Crippen LogP contribution in [0, 0.1) is 11.3 Å². The Morgan fingerprint density at radius 3 is 2.31 bits per heavy atom. The third-order valence-corrected chi connectivity index (χ3v) is 5.88. The molecule has 1 aliphatic heterocycles. The molecular weight excluding hydrogens is 517 g/mol. The van der Waals surface area contributed by atoms with E-state index in [0.717, 1.165) is 42.0 Å². The summed E-state index contributed by atoms with van der Waals surface area (Å²) >= 11 is 0. The van der Waals surface area contributed by atoms with E-state index in [-0.39, 0.29) is 51.8 Å². The second-order valence-corrected chi connectivity index (χ2v) is 7.92. The summed E-state index contributed by atoms with van der Waals surface area (Å²) in [7, 11) is 0. The van der Waals surface area contributed by atoms with E-state index in [4.69, 9.17) is 10.00 Å². The van der Waals surface area contributed by atoms with Gasteiger partial charge in [0.25, 0.3) is 0 Å². The molecular formula is C27H35Cl2N3OS2. The molecule has 3 aromatic carbocycles. The lowest BCUT2D eigenvalue weighted by Gasteiger charge is -2.34. The van der Waals surface area contributed by atoms with Gasteiger partial charge in [0.2, 0.25) is 0 Å². The van der Waals surface area contributed by atoms with Crippen molar-refractivity contribution < 1.29 is 4.74 Å². The Hall–Kier alpha value is -1.85. The molecule has 2 N–H and O–H groups in total. The molecule has 0 unspecified atom stereocenters. The predicted octanol–water partition coefficient (Wildman–Crippen LogP) is 6.28. The van der Waals surface area contributed by atoms with E-state index in [2.05, 4.69) is 65.2 Å². The maximum absolute atomic E-state index is 9.06. The van der Waals surface area contributed by atoms with Crippen LogP contribution in [0.4, 0.5) is 0 Å². The molecule has 3 aromatic rings. The maximum atomic E-state index is 9.06. The summed E-state index contributed by atoms with van der Waals surface area (Å²) in [5, 5.41) is 16.5. The molecule has 4 nitrogen and oxygen atoms in total. The second kappa shape index (κ2) is 16.8. The fraction of sp³-hybridized carbons (Fsp3) is 0.296. The van der Waals surface area contributed by atoms with Gasteiger partial charge in [-0.3, -0.25) is 0 Å². The summed E-state index contributed by atoms with van der Waals surface area (Å²) in [6.45, 7) is 4.45. The minimum atomic E-state index is 0. The quantitative estimate of drug-likeness (QED) is 0.363. The van der Waals surface area contributed by atoms with Crippen LogP contribution in [-0.2, 0) is 6.54 Å². The Morgan fingerprint density at radius 1 is 0.971 bits per heavy atom. The van der Waals surface area contributed by atoms with Crippen molar-refractivity contribution in [2.75, 3.05) is 13.2 Å². The average Bonchev–Trinajstić information content (AvgIpc) is 2.84. The number of halogens is 2. The van der Waals surface area contributed by atoms with Crippen LogP contribution in [-0.4, -0.2) is 19.2 Å². The van der Waals surface area contributed by atoms with Crippen LogP contribution < -0.4 is 15.4 Å². The fourth-order valence-electron chi connectivity index (χ4n) is 4.29. The average molecular weight is 553 g/mol. The number of hydrogen-bond donors (Lipinski definition) is 2. The second-order valence-electron chi connectivity index (χ2n) is 7.92. The molecule has 2 atom stereocenters. The molecule has 4 rings (SSSR count). The summed E-state index contributed by atoms with van der Waals surface area (Å²) in [6, 6.07) is 27.6. The molecule has 1 fully saturated rings. The van der Waals surface area contributed by atoms with E-state index >= 15 is 0 Å². The third-order valence-electron chi connectivity index (χ3n) is 5.88. The van der Waals surface area contributed by atoms with Crippen molar-refractivity contribution in [3.63, 3.8) is 0 Å². The first-order chi connectivity index (χ1) is 15.3. The van der Waals surface area contributed by atoms with E-state index in [0.29, 0.717) is 24.3 Å². The molecule has 0 amide bonds. The number of rotatable bonds is 7. The monoisotopic (exact) mass is 551 g/mol. The van der Waals surface area contributed by atoms with Gasteiger partial charge in [-0.25, -0.2) is 0 Å². The van der Waals surface area contributed by atoms with Crippen LogP contribution in [0.5, 0.6) is 5.75 Å². The van der Waals surface area contributed by atoms with Gasteiger partial charge >= 0.3 is 0 Å². The zero-order chi connectivity index (χ0) is 21.5. The molecule has 0 bridgehead atoms. The summed E-state index contributed by atoms with van der Waals surface area (Å²) in [5.41, 5.74) is 5.39. The van der Waals surface area contributed by atoms with Crippen molar-refractivity contribution in [3.05, 3.63) is 89.5 Å². The predicted molar refractivity (Wildman–Crippen MR) is 160 cm³/mol. The van der Waals surface area contributed by atoms with Crippen molar-refractivity contribution in [1.82, 2.24) is 10.6 Å². The van der Waals surface area contributed by atoms with Gasteiger partial charge in [-0.2, -0.15) is 32.3 Å². The molecule has 0 radical (unpaired) electrons. The van der Waals surface area contributed by atoms with Crippen LogP contribution >= 0.6 is 51.8 Å². The van der Waals surface area contributed by atoms with Crippen LogP contribution in [0.15, 0.2) is 72.8 Å². The molecule has 35 heavy (non-hydrogen) atoms. The topological polar surface area (TPSA) is 57.1 Å². The van der Waals surface area contributed by atoms with Gasteiger partial charge in [-0.05, 0) is 67.3 Å². The molecule has 1 aliphatic rings. The highest BCUT2D eigenvalue weighted by molar-refractivity contribution is 7.59. The van der Waals surface area contributed by atoms with E-state index < -0.39 is 0 Å². The van der Waals surface area contributed by atoms with Crippen molar-refractivity contribution in [2.45, 2.75) is 38.4 Å². The Morgan fingerprint density at radius 2 is 1.66 bits per heavy atom. The highest BCUT2D eigenvalue weighted by Crippen LogP contribution is 2.29. The summed E-state index contributed by atoms with van der Waals surface area (Å²) in [6.07, 6.45) is 2.32. The van der Waals surface area contributed by atoms with E-state index in [9.17, 15) is 0 Å². The molecule has 8 heteroatoms. The molecule has 0 spiro atoms. The number of nitrogens with zero attached hydrogens (tertiary/aromatic N) is 1. The summed E-state index contributed by atoms with van der Waals surface area (Å²) in [5.74, 6) is 0.924. The third kappa shape index (κ3) is 8.64. The minimum absolute atomic E-state index is 0. The van der Waals surface area contributed by atoms with Gasteiger partial charge in [0.1, 0.15) is 5.75 Å². The van der Waals surface area contributed by atoms with E-state index in [1.54, 1.807) is 0 Å². The Labute approximate surface area is 235 Å². The van der Waals surface area contributed by atoms with Gasteiger partial charge in [0.05, 0.1) is 18.2 Å². The number of ether oxygens (including phenoxy) is 1. The van der Waals surface area contributed by atoms with Gasteiger partial charge in [0, 0.05) is 24.2 Å². The number of benzene rings is 3. The number of nitriles is 1. The van der Waals surface area contributed by atoms with Crippen molar-refractivity contribution in [3.8, 4) is 22.9 Å². The normalized spacial score (nSPS) is 16.2. The van der Waals surface area contributed by atoms with E-state index in [1.165, 1.54) is 12.0 Å². The molecule has 190 valence electrons. The van der Waals surface area contributed by atoms with Crippen LogP contribution in [0.2, 0.25) is 0 Å². The minimum Gasteiger partial charge on any atom is -0.494 e. The van der Waals surface area contributed by atoms with Gasteiger partial charge in [-0.1, -0.05) is 48.5 Å². The van der Waals surface area contributed by atoms with Gasteiger partial charge in [-0.15, -0.1) is 24.8 Å². The van der Waals surface area contributed by atoms with Crippen molar-refractivity contribution in [2.24, 2.45) is 0 Å². The summed E-state index contributed by atoms with van der Waals surface area (Å²) < 4.78 is 5.92. The highest BCUT2D eigenvalue weighted by atomic mass is 35.5. The number of hydrogen-bond acceptors (Lipinski definition) is 4. The van der Waals surface area contributed by atoms with Crippen molar-refractivity contribution in [1.29, 1.82) is 5.26 Å². The molecule has 0 aromatic heterocycles. The first-order valence-corrected chi connectivity index (χ1v) is 11.1. The first kappa shape index (κ1) is 33.1. The molecule has 1 saturated heterocycles. The van der Waals surface area contributed by atoms with Crippen LogP contribution in [0.25, 0.3) is 11.1 Å².